The van der Waals surface area contributed by atoms with Gasteiger partial charge in [-0.2, -0.15) is 4.68 Å². The molecule has 0 saturated heterocycles. The van der Waals surface area contributed by atoms with Crippen LogP contribution in [0, 0.1) is 6.92 Å². The molecule has 0 atom stereocenters. The molecule has 0 aliphatic carbocycles. The van der Waals surface area contributed by atoms with Crippen LogP contribution in [0.25, 0.3) is 5.69 Å². The molecule has 9 heteroatoms. The van der Waals surface area contributed by atoms with E-state index in [1.165, 1.54) is 24.3 Å². The number of sulfone groups is 1. The monoisotopic (exact) mass is 385 g/mol. The van der Waals surface area contributed by atoms with Gasteiger partial charge in [0, 0.05) is 11.3 Å². The molecule has 0 aliphatic rings. The van der Waals surface area contributed by atoms with Gasteiger partial charge in [-0.25, -0.2) is 8.42 Å². The Morgan fingerprint density at radius 2 is 1.81 bits per heavy atom. The number of nitrogens with one attached hydrogen (secondary N) is 1. The van der Waals surface area contributed by atoms with E-state index in [1.807, 2.05) is 6.07 Å². The number of carbonyl (C=O) groups is 1. The summed E-state index contributed by atoms with van der Waals surface area (Å²) in [6.45, 7) is 5.02. The van der Waals surface area contributed by atoms with Crippen molar-refractivity contribution < 1.29 is 13.2 Å². The van der Waals surface area contributed by atoms with Crippen molar-refractivity contribution in [1.82, 2.24) is 20.2 Å². The molecule has 1 amide bonds. The molecule has 0 radical (unpaired) electrons. The van der Waals surface area contributed by atoms with Gasteiger partial charge in [0.25, 0.3) is 5.91 Å². The lowest BCUT2D eigenvalue weighted by Gasteiger charge is -2.10. The van der Waals surface area contributed by atoms with Crippen LogP contribution in [-0.2, 0) is 9.84 Å². The van der Waals surface area contributed by atoms with Crippen molar-refractivity contribution in [3.05, 3.63) is 59.9 Å². The van der Waals surface area contributed by atoms with Crippen LogP contribution in [-0.4, -0.2) is 39.8 Å². The molecule has 140 valence electrons. The number of hydrogen-bond acceptors (Lipinski definition) is 6. The molecule has 0 fully saturated rings. The van der Waals surface area contributed by atoms with Gasteiger partial charge < -0.3 is 5.32 Å². The van der Waals surface area contributed by atoms with Crippen molar-refractivity contribution in [3.8, 4) is 5.69 Å². The van der Waals surface area contributed by atoms with Crippen LogP contribution in [0.15, 0.2) is 53.4 Å². The molecule has 0 aliphatic heterocycles. The Bertz CT molecular complexity index is 1070. The second kappa shape index (κ2) is 7.28. The summed E-state index contributed by atoms with van der Waals surface area (Å²) in [5, 5.41) is 13.6. The number of aromatic nitrogens is 4. The molecular formula is C18H19N5O3S. The standard InChI is InChI=1S/C18H19N5O3S/c1-12(2)27(25,26)17-9-7-14(8-10-17)18(24)19-15-5-4-6-16(11-15)23-13(3)20-21-22-23/h4-12H,1-3H3,(H,19,24). The van der Waals surface area contributed by atoms with Gasteiger partial charge in [-0.1, -0.05) is 6.07 Å². The molecule has 27 heavy (non-hydrogen) atoms. The van der Waals surface area contributed by atoms with Gasteiger partial charge in [-0.05, 0) is 73.7 Å². The summed E-state index contributed by atoms with van der Waals surface area (Å²) in [4.78, 5) is 12.7. The van der Waals surface area contributed by atoms with Crippen LogP contribution >= 0.6 is 0 Å². The number of carbonyl (C=O) groups excluding carboxylic acids is 1. The zero-order valence-corrected chi connectivity index (χ0v) is 15.9. The molecule has 3 rings (SSSR count). The number of rotatable bonds is 5. The highest BCUT2D eigenvalue weighted by atomic mass is 32.2. The Hall–Kier alpha value is -3.07. The van der Waals surface area contributed by atoms with Crippen molar-refractivity contribution in [1.29, 1.82) is 0 Å². The Morgan fingerprint density at radius 3 is 2.41 bits per heavy atom. The van der Waals surface area contributed by atoms with E-state index in [9.17, 15) is 13.2 Å². The number of benzene rings is 2. The number of nitrogens with zero attached hydrogens (tertiary/aromatic N) is 4. The van der Waals surface area contributed by atoms with Crippen molar-refractivity contribution in [2.75, 3.05) is 5.32 Å². The average molecular weight is 385 g/mol. The van der Waals surface area contributed by atoms with Crippen molar-refractivity contribution in [3.63, 3.8) is 0 Å². The molecule has 3 aromatic rings. The first-order valence-corrected chi connectivity index (χ1v) is 9.84. The molecule has 1 heterocycles. The van der Waals surface area contributed by atoms with E-state index in [2.05, 4.69) is 20.8 Å². The molecule has 0 saturated carbocycles. The van der Waals surface area contributed by atoms with Gasteiger partial charge in [0.15, 0.2) is 15.7 Å². The quantitative estimate of drug-likeness (QED) is 0.723. The third kappa shape index (κ3) is 3.87. The number of aryl methyl sites for hydroxylation is 1. The smallest absolute Gasteiger partial charge is 0.255 e. The maximum atomic E-state index is 12.5. The van der Waals surface area contributed by atoms with Gasteiger partial charge in [-0.15, -0.1) is 5.10 Å². The first-order chi connectivity index (χ1) is 12.8. The Labute approximate surface area is 157 Å². The van der Waals surface area contributed by atoms with Crippen LogP contribution < -0.4 is 5.32 Å². The van der Waals surface area contributed by atoms with E-state index in [1.54, 1.807) is 43.7 Å². The Kier molecular flexibility index (Phi) is 5.04. The molecule has 0 bridgehead atoms. The van der Waals surface area contributed by atoms with Crippen molar-refractivity contribution >= 4 is 21.4 Å². The number of anilines is 1. The third-order valence-electron chi connectivity index (χ3n) is 4.04. The lowest BCUT2D eigenvalue weighted by atomic mass is 10.2. The first-order valence-electron chi connectivity index (χ1n) is 8.30. The van der Waals surface area contributed by atoms with E-state index in [-0.39, 0.29) is 10.8 Å². The fourth-order valence-corrected chi connectivity index (χ4v) is 3.52. The van der Waals surface area contributed by atoms with E-state index >= 15 is 0 Å². The van der Waals surface area contributed by atoms with Gasteiger partial charge >= 0.3 is 0 Å². The zero-order chi connectivity index (χ0) is 19.6. The van der Waals surface area contributed by atoms with Crippen molar-refractivity contribution in [2.45, 2.75) is 30.9 Å². The number of tetrazole rings is 1. The highest BCUT2D eigenvalue weighted by Gasteiger charge is 2.19. The van der Waals surface area contributed by atoms with Crippen LogP contribution in [0.3, 0.4) is 0 Å². The molecule has 2 aromatic carbocycles. The fourth-order valence-electron chi connectivity index (χ4n) is 2.46. The predicted octanol–water partition coefficient (Wildman–Crippen LogP) is 2.41. The SMILES string of the molecule is Cc1nnnn1-c1cccc(NC(=O)c2ccc(S(=O)(=O)C(C)C)cc2)c1. The molecule has 1 N–H and O–H groups in total. The second-order valence-corrected chi connectivity index (χ2v) is 8.76. The number of amides is 1. The molecule has 0 spiro atoms. The first kappa shape index (κ1) is 18.7. The van der Waals surface area contributed by atoms with Crippen LogP contribution in [0.5, 0.6) is 0 Å². The van der Waals surface area contributed by atoms with Gasteiger partial charge in [0.1, 0.15) is 0 Å². The molecule has 1 aromatic heterocycles. The van der Waals surface area contributed by atoms with Crippen LogP contribution in [0.4, 0.5) is 5.69 Å². The third-order valence-corrected chi connectivity index (χ3v) is 6.21. The highest BCUT2D eigenvalue weighted by molar-refractivity contribution is 7.92. The normalized spacial score (nSPS) is 11.6. The summed E-state index contributed by atoms with van der Waals surface area (Å²) in [6, 6.07) is 13.0. The summed E-state index contributed by atoms with van der Waals surface area (Å²) in [5.74, 6) is 0.287. The maximum absolute atomic E-state index is 12.5. The molecule has 0 unspecified atom stereocenters. The summed E-state index contributed by atoms with van der Waals surface area (Å²) < 4.78 is 25.9. The summed E-state index contributed by atoms with van der Waals surface area (Å²) in [6.07, 6.45) is 0. The van der Waals surface area contributed by atoms with E-state index < -0.39 is 15.1 Å². The maximum Gasteiger partial charge on any atom is 0.255 e. The predicted molar refractivity (Wildman–Crippen MR) is 101 cm³/mol. The minimum atomic E-state index is -3.37. The highest BCUT2D eigenvalue weighted by Crippen LogP contribution is 2.18. The van der Waals surface area contributed by atoms with E-state index in [0.29, 0.717) is 22.8 Å². The van der Waals surface area contributed by atoms with Gasteiger partial charge in [0.05, 0.1) is 15.8 Å². The van der Waals surface area contributed by atoms with Crippen molar-refractivity contribution in [2.24, 2.45) is 0 Å². The summed E-state index contributed by atoms with van der Waals surface area (Å²) in [7, 11) is -3.37. The molecular weight excluding hydrogens is 366 g/mol. The zero-order valence-electron chi connectivity index (χ0n) is 15.1. The van der Waals surface area contributed by atoms with E-state index in [4.69, 9.17) is 0 Å². The van der Waals surface area contributed by atoms with Crippen LogP contribution in [0.1, 0.15) is 30.0 Å². The van der Waals surface area contributed by atoms with Crippen LogP contribution in [0.2, 0.25) is 0 Å². The topological polar surface area (TPSA) is 107 Å². The lowest BCUT2D eigenvalue weighted by molar-refractivity contribution is 0.102. The summed E-state index contributed by atoms with van der Waals surface area (Å²) in [5.41, 5.74) is 1.65. The Balaban J connectivity index is 1.79. The largest absolute Gasteiger partial charge is 0.322 e. The molecule has 8 nitrogen and oxygen atoms in total. The average Bonchev–Trinajstić information content (AvgIpc) is 3.08. The summed E-state index contributed by atoms with van der Waals surface area (Å²) >= 11 is 0. The van der Waals surface area contributed by atoms with Gasteiger partial charge in [0.2, 0.25) is 0 Å². The second-order valence-electron chi connectivity index (χ2n) is 6.26. The Morgan fingerprint density at radius 1 is 1.11 bits per heavy atom. The minimum absolute atomic E-state index is 0.199. The number of hydrogen-bond donors (Lipinski definition) is 1. The minimum Gasteiger partial charge on any atom is -0.322 e. The lowest BCUT2D eigenvalue weighted by Crippen LogP contribution is -2.15. The fraction of sp³-hybridized carbons (Fsp3) is 0.222. The van der Waals surface area contributed by atoms with E-state index in [0.717, 1.165) is 0 Å². The van der Waals surface area contributed by atoms with Gasteiger partial charge in [-0.3, -0.25) is 4.79 Å².